The molecule has 1 aromatic carbocycles. The molecule has 0 spiro atoms. The van der Waals surface area contributed by atoms with Crippen molar-refractivity contribution >= 4 is 57.7 Å². The molecular formula is C16H12N2OS3. The maximum Gasteiger partial charge on any atom is 0.270 e. The van der Waals surface area contributed by atoms with Crippen molar-refractivity contribution in [2.45, 2.75) is 4.90 Å². The van der Waals surface area contributed by atoms with Crippen molar-refractivity contribution in [3.8, 4) is 0 Å². The van der Waals surface area contributed by atoms with E-state index in [1.165, 1.54) is 11.8 Å². The van der Waals surface area contributed by atoms with E-state index in [-0.39, 0.29) is 5.91 Å². The molecule has 1 aromatic heterocycles. The third-order valence-corrected chi connectivity index (χ3v) is 5.10. The van der Waals surface area contributed by atoms with Crippen LogP contribution in [-0.4, -0.2) is 21.5 Å². The van der Waals surface area contributed by atoms with Crippen LogP contribution in [0.1, 0.15) is 5.69 Å². The fraction of sp³-hybridized carbons (Fsp3) is 0.0625. The summed E-state index contributed by atoms with van der Waals surface area (Å²) in [6.45, 7) is 0. The van der Waals surface area contributed by atoms with Crippen LogP contribution in [0, 0.1) is 0 Å². The number of pyridine rings is 1. The number of amides is 1. The van der Waals surface area contributed by atoms with Crippen LogP contribution < -0.4 is 4.90 Å². The highest BCUT2D eigenvalue weighted by molar-refractivity contribution is 8.27. The highest BCUT2D eigenvalue weighted by atomic mass is 32.2. The molecule has 110 valence electrons. The Balaban J connectivity index is 1.93. The maximum atomic E-state index is 12.6. The predicted octanol–water partition coefficient (Wildman–Crippen LogP) is 4.21. The number of hydrogen-bond donors (Lipinski definition) is 0. The molecule has 1 aliphatic rings. The third-order valence-electron chi connectivity index (χ3n) is 3.07. The van der Waals surface area contributed by atoms with Crippen molar-refractivity contribution in [2.75, 3.05) is 11.2 Å². The zero-order valence-corrected chi connectivity index (χ0v) is 14.2. The highest BCUT2D eigenvalue weighted by Crippen LogP contribution is 2.36. The molecule has 0 aliphatic carbocycles. The molecule has 1 saturated heterocycles. The van der Waals surface area contributed by atoms with Crippen molar-refractivity contribution in [1.29, 1.82) is 0 Å². The molecule has 0 atom stereocenters. The first-order valence-corrected chi connectivity index (χ1v) is 8.97. The molecule has 1 fully saturated rings. The summed E-state index contributed by atoms with van der Waals surface area (Å²) in [5, 5.41) is 0. The second kappa shape index (κ2) is 6.64. The van der Waals surface area contributed by atoms with E-state index in [4.69, 9.17) is 12.2 Å². The minimum Gasteiger partial charge on any atom is -0.268 e. The van der Waals surface area contributed by atoms with E-state index in [1.807, 2.05) is 48.7 Å². The number of nitrogens with zero attached hydrogens (tertiary/aromatic N) is 2. The number of hydrogen-bond acceptors (Lipinski definition) is 5. The van der Waals surface area contributed by atoms with E-state index in [9.17, 15) is 4.79 Å². The topological polar surface area (TPSA) is 33.2 Å². The second-order valence-corrected chi connectivity index (χ2v) is 7.03. The van der Waals surface area contributed by atoms with Crippen LogP contribution in [0.4, 0.5) is 5.69 Å². The van der Waals surface area contributed by atoms with Crippen LogP contribution in [-0.2, 0) is 4.79 Å². The highest BCUT2D eigenvalue weighted by Gasteiger charge is 2.33. The van der Waals surface area contributed by atoms with Crippen LogP contribution in [0.3, 0.4) is 0 Å². The smallest absolute Gasteiger partial charge is 0.268 e. The van der Waals surface area contributed by atoms with E-state index in [2.05, 4.69) is 4.98 Å². The van der Waals surface area contributed by atoms with Gasteiger partial charge in [0, 0.05) is 11.1 Å². The molecule has 3 rings (SSSR count). The Labute approximate surface area is 142 Å². The first kappa shape index (κ1) is 15.3. The van der Waals surface area contributed by atoms with E-state index in [1.54, 1.807) is 28.9 Å². The van der Waals surface area contributed by atoms with Crippen LogP contribution >= 0.6 is 35.7 Å². The number of thiocarbonyl (C=S) groups is 1. The Morgan fingerprint density at radius 1 is 1.27 bits per heavy atom. The quantitative estimate of drug-likeness (QED) is 0.473. The van der Waals surface area contributed by atoms with Gasteiger partial charge in [-0.1, -0.05) is 36.1 Å². The van der Waals surface area contributed by atoms with Gasteiger partial charge in [-0.2, -0.15) is 0 Å². The number of benzene rings is 1. The molecule has 0 bridgehead atoms. The van der Waals surface area contributed by atoms with Crippen molar-refractivity contribution < 1.29 is 4.79 Å². The monoisotopic (exact) mass is 344 g/mol. The number of rotatable bonds is 3. The lowest BCUT2D eigenvalue weighted by Crippen LogP contribution is -2.27. The fourth-order valence-electron chi connectivity index (χ4n) is 2.04. The van der Waals surface area contributed by atoms with Crippen molar-refractivity contribution in [3.63, 3.8) is 0 Å². The summed E-state index contributed by atoms with van der Waals surface area (Å²) in [7, 11) is 0. The first-order valence-electron chi connectivity index (χ1n) is 6.52. The summed E-state index contributed by atoms with van der Waals surface area (Å²) in [5.74, 6) is -0.0982. The average Bonchev–Trinajstić information content (AvgIpc) is 2.82. The first-order chi connectivity index (χ1) is 10.7. The molecule has 2 heterocycles. The van der Waals surface area contributed by atoms with Gasteiger partial charge in [-0.25, -0.2) is 0 Å². The molecule has 0 N–H and O–H groups in total. The lowest BCUT2D eigenvalue weighted by molar-refractivity contribution is -0.113. The number of aromatic nitrogens is 1. The molecule has 0 saturated carbocycles. The summed E-state index contributed by atoms with van der Waals surface area (Å²) in [6, 6.07) is 13.4. The molecular weight excluding hydrogens is 332 g/mol. The number of thioether (sulfide) groups is 2. The second-order valence-electron chi connectivity index (χ2n) is 4.47. The molecule has 1 amide bonds. The average molecular weight is 344 g/mol. The van der Waals surface area contributed by atoms with E-state index >= 15 is 0 Å². The lowest BCUT2D eigenvalue weighted by atomic mass is 10.2. The third kappa shape index (κ3) is 3.09. The Morgan fingerprint density at radius 2 is 2.14 bits per heavy atom. The molecule has 6 heteroatoms. The van der Waals surface area contributed by atoms with E-state index < -0.39 is 0 Å². The Morgan fingerprint density at radius 3 is 2.86 bits per heavy atom. The van der Waals surface area contributed by atoms with Gasteiger partial charge in [0.1, 0.15) is 0 Å². The summed E-state index contributed by atoms with van der Waals surface area (Å²) < 4.78 is 0.547. The van der Waals surface area contributed by atoms with Crippen LogP contribution in [0.25, 0.3) is 6.08 Å². The Kier molecular flexibility index (Phi) is 4.61. The Hall–Kier alpha value is -1.63. The maximum absolute atomic E-state index is 12.6. The minimum atomic E-state index is -0.0982. The molecule has 1 aliphatic heterocycles. The van der Waals surface area contributed by atoms with Crippen molar-refractivity contribution in [2.24, 2.45) is 0 Å². The fourth-order valence-corrected chi connectivity index (χ4v) is 3.77. The molecule has 2 aromatic rings. The van der Waals surface area contributed by atoms with E-state index in [0.29, 0.717) is 9.23 Å². The SMILES string of the molecule is CSc1cccc(N2C(=O)/C(=C/c3ccccn3)SC2=S)c1. The normalized spacial score (nSPS) is 16.6. The van der Waals surface area contributed by atoms with Crippen molar-refractivity contribution in [3.05, 3.63) is 59.3 Å². The summed E-state index contributed by atoms with van der Waals surface area (Å²) >= 11 is 8.31. The van der Waals surface area contributed by atoms with Gasteiger partial charge in [0.05, 0.1) is 16.3 Å². The van der Waals surface area contributed by atoms with Gasteiger partial charge in [-0.05, 0) is 42.7 Å². The van der Waals surface area contributed by atoms with Crippen molar-refractivity contribution in [1.82, 2.24) is 4.98 Å². The van der Waals surface area contributed by atoms with Crippen LogP contribution in [0.15, 0.2) is 58.5 Å². The number of carbonyl (C=O) groups is 1. The summed E-state index contributed by atoms with van der Waals surface area (Å²) in [4.78, 5) is 20.1. The molecule has 22 heavy (non-hydrogen) atoms. The largest absolute Gasteiger partial charge is 0.270 e. The molecule has 3 nitrogen and oxygen atoms in total. The number of anilines is 1. The van der Waals surface area contributed by atoms with Gasteiger partial charge in [0.2, 0.25) is 0 Å². The molecule has 0 unspecified atom stereocenters. The summed E-state index contributed by atoms with van der Waals surface area (Å²) in [6.07, 6.45) is 5.48. The van der Waals surface area contributed by atoms with Gasteiger partial charge >= 0.3 is 0 Å². The predicted molar refractivity (Wildman–Crippen MR) is 98.1 cm³/mol. The lowest BCUT2D eigenvalue weighted by Gasteiger charge is -2.15. The Bertz CT molecular complexity index is 759. The number of carbonyl (C=O) groups excluding carboxylic acids is 1. The van der Waals surface area contributed by atoms with E-state index in [0.717, 1.165) is 16.3 Å². The van der Waals surface area contributed by atoms with Gasteiger partial charge in [-0.3, -0.25) is 14.7 Å². The zero-order chi connectivity index (χ0) is 15.5. The van der Waals surface area contributed by atoms with Crippen LogP contribution in [0.5, 0.6) is 0 Å². The minimum absolute atomic E-state index is 0.0982. The zero-order valence-electron chi connectivity index (χ0n) is 11.7. The molecule has 0 radical (unpaired) electrons. The summed E-state index contributed by atoms with van der Waals surface area (Å²) in [5.41, 5.74) is 1.56. The van der Waals surface area contributed by atoms with Crippen LogP contribution in [0.2, 0.25) is 0 Å². The van der Waals surface area contributed by atoms with Gasteiger partial charge in [0.15, 0.2) is 4.32 Å². The standard InChI is InChI=1S/C16H12N2OS3/c1-21-13-7-4-6-12(10-13)18-15(19)14(22-16(18)20)9-11-5-2-3-8-17-11/h2-10H,1H3/b14-9-. The van der Waals surface area contributed by atoms with Gasteiger partial charge < -0.3 is 0 Å². The van der Waals surface area contributed by atoms with Gasteiger partial charge in [-0.15, -0.1) is 11.8 Å². The van der Waals surface area contributed by atoms with Gasteiger partial charge in [0.25, 0.3) is 5.91 Å².